The molecule has 2 heterocycles. The molecule has 23 heavy (non-hydrogen) atoms. The maximum Gasteiger partial charge on any atom is 0.138 e. The fraction of sp³-hybridized carbons (Fsp3) is 0.294. The van der Waals surface area contributed by atoms with Crippen LogP contribution in [0.25, 0.3) is 21.3 Å². The fourth-order valence-electron chi connectivity index (χ4n) is 2.58. The van der Waals surface area contributed by atoms with Crippen molar-refractivity contribution in [2.45, 2.75) is 13.8 Å². The predicted octanol–water partition coefficient (Wildman–Crippen LogP) is 3.47. The van der Waals surface area contributed by atoms with Gasteiger partial charge in [0.05, 0.1) is 18.6 Å². The number of nitrogens with one attached hydrogen (secondary N) is 1. The lowest BCUT2D eigenvalue weighted by atomic mass is 10.0. The van der Waals surface area contributed by atoms with Gasteiger partial charge in [0.2, 0.25) is 0 Å². The van der Waals surface area contributed by atoms with E-state index >= 15 is 0 Å². The van der Waals surface area contributed by atoms with Gasteiger partial charge in [0, 0.05) is 17.0 Å². The number of hydrogen-bond acceptors (Lipinski definition) is 6. The molecule has 2 aromatic heterocycles. The smallest absolute Gasteiger partial charge is 0.138 e. The summed E-state index contributed by atoms with van der Waals surface area (Å²) >= 11 is 1.65. The first kappa shape index (κ1) is 15.7. The monoisotopic (exact) mass is 329 g/mol. The number of nitrogens with zero attached hydrogens (tertiary/aromatic N) is 2. The number of hydrogen-bond donors (Lipinski definition) is 2. The van der Waals surface area contributed by atoms with E-state index in [2.05, 4.69) is 34.3 Å². The van der Waals surface area contributed by atoms with E-state index < -0.39 is 0 Å². The molecule has 0 radical (unpaired) electrons. The van der Waals surface area contributed by atoms with Crippen molar-refractivity contribution in [3.05, 3.63) is 35.5 Å². The second kappa shape index (κ2) is 6.93. The fourth-order valence-corrected chi connectivity index (χ4v) is 3.60. The Morgan fingerprint density at radius 2 is 2.00 bits per heavy atom. The van der Waals surface area contributed by atoms with Gasteiger partial charge in [-0.05, 0) is 31.5 Å². The molecule has 0 bridgehead atoms. The molecule has 3 aromatic rings. The number of rotatable bonds is 6. The summed E-state index contributed by atoms with van der Waals surface area (Å²) < 4.78 is 5.51. The highest BCUT2D eigenvalue weighted by molar-refractivity contribution is 7.19. The van der Waals surface area contributed by atoms with Gasteiger partial charge in [-0.2, -0.15) is 0 Å². The minimum atomic E-state index is 0.0625. The van der Waals surface area contributed by atoms with E-state index in [1.807, 2.05) is 19.1 Å². The molecule has 3 rings (SSSR count). The summed E-state index contributed by atoms with van der Waals surface area (Å²) in [6.07, 6.45) is 1.56. The normalized spacial score (nSPS) is 10.9. The van der Waals surface area contributed by atoms with E-state index in [4.69, 9.17) is 9.84 Å². The number of aryl methyl sites for hydroxylation is 1. The van der Waals surface area contributed by atoms with Gasteiger partial charge < -0.3 is 15.2 Å². The molecular formula is C17H19N3O2S. The third-order valence-corrected chi connectivity index (χ3v) is 4.54. The van der Waals surface area contributed by atoms with Gasteiger partial charge in [0.1, 0.15) is 22.7 Å². The third-order valence-electron chi connectivity index (χ3n) is 3.52. The molecule has 0 spiro atoms. The average molecular weight is 329 g/mol. The topological polar surface area (TPSA) is 67.3 Å². The Hall–Kier alpha value is -2.18. The van der Waals surface area contributed by atoms with Gasteiger partial charge in [-0.1, -0.05) is 12.1 Å². The summed E-state index contributed by atoms with van der Waals surface area (Å²) in [5.74, 6) is 1.63. The second-order valence-electron chi connectivity index (χ2n) is 5.04. The summed E-state index contributed by atoms with van der Waals surface area (Å²) in [5, 5.41) is 13.2. The van der Waals surface area contributed by atoms with Crippen molar-refractivity contribution in [1.29, 1.82) is 0 Å². The number of aromatic nitrogens is 2. The first-order valence-corrected chi connectivity index (χ1v) is 8.38. The molecule has 0 fully saturated rings. The predicted molar refractivity (Wildman–Crippen MR) is 94.3 cm³/mol. The highest BCUT2D eigenvalue weighted by Crippen LogP contribution is 2.40. The van der Waals surface area contributed by atoms with Crippen LogP contribution in [0.15, 0.2) is 30.6 Å². The zero-order chi connectivity index (χ0) is 16.2. The Bertz CT molecular complexity index is 799. The molecule has 0 amide bonds. The van der Waals surface area contributed by atoms with Crippen molar-refractivity contribution in [3.8, 4) is 16.9 Å². The number of ether oxygens (including phenoxy) is 1. The Morgan fingerprint density at radius 1 is 1.22 bits per heavy atom. The van der Waals surface area contributed by atoms with E-state index in [-0.39, 0.29) is 6.61 Å². The molecule has 5 nitrogen and oxygen atoms in total. The van der Waals surface area contributed by atoms with Gasteiger partial charge in [0.25, 0.3) is 0 Å². The van der Waals surface area contributed by atoms with E-state index in [1.54, 1.807) is 17.7 Å². The van der Waals surface area contributed by atoms with Crippen LogP contribution in [0.2, 0.25) is 0 Å². The molecule has 1 aromatic carbocycles. The van der Waals surface area contributed by atoms with E-state index in [0.717, 1.165) is 32.9 Å². The molecule has 6 heteroatoms. The summed E-state index contributed by atoms with van der Waals surface area (Å²) in [7, 11) is 0. The van der Waals surface area contributed by atoms with Gasteiger partial charge >= 0.3 is 0 Å². The quantitative estimate of drug-likeness (QED) is 0.725. The van der Waals surface area contributed by atoms with Crippen LogP contribution in [0.4, 0.5) is 5.82 Å². The number of benzene rings is 1. The zero-order valence-corrected chi connectivity index (χ0v) is 14.0. The Morgan fingerprint density at radius 3 is 2.70 bits per heavy atom. The summed E-state index contributed by atoms with van der Waals surface area (Å²) in [5.41, 5.74) is 2.24. The zero-order valence-electron chi connectivity index (χ0n) is 13.2. The largest absolute Gasteiger partial charge is 0.494 e. The first-order valence-electron chi connectivity index (χ1n) is 7.56. The highest BCUT2D eigenvalue weighted by atomic mass is 32.1. The van der Waals surface area contributed by atoms with Crippen LogP contribution in [-0.2, 0) is 0 Å². The lowest BCUT2D eigenvalue weighted by molar-refractivity contribution is 0.311. The molecule has 120 valence electrons. The van der Waals surface area contributed by atoms with Crippen LogP contribution in [-0.4, -0.2) is 34.8 Å². The summed E-state index contributed by atoms with van der Waals surface area (Å²) in [6, 6.07) is 8.07. The number of thiophene rings is 1. The minimum Gasteiger partial charge on any atom is -0.494 e. The molecule has 0 aliphatic rings. The Kier molecular flexibility index (Phi) is 4.73. The van der Waals surface area contributed by atoms with Crippen LogP contribution in [0, 0.1) is 6.92 Å². The van der Waals surface area contributed by atoms with E-state index in [9.17, 15) is 0 Å². The lowest BCUT2D eigenvalue weighted by Crippen LogP contribution is -2.07. The molecule has 0 saturated carbocycles. The van der Waals surface area contributed by atoms with Crippen LogP contribution in [0.5, 0.6) is 5.75 Å². The van der Waals surface area contributed by atoms with Gasteiger partial charge in [-0.15, -0.1) is 11.3 Å². The second-order valence-corrected chi connectivity index (χ2v) is 6.25. The van der Waals surface area contributed by atoms with Crippen molar-refractivity contribution in [3.63, 3.8) is 0 Å². The lowest BCUT2D eigenvalue weighted by Gasteiger charge is -2.09. The summed E-state index contributed by atoms with van der Waals surface area (Å²) in [4.78, 5) is 10.9. The molecule has 0 aliphatic carbocycles. The third kappa shape index (κ3) is 3.13. The van der Waals surface area contributed by atoms with Crippen LogP contribution in [0.1, 0.15) is 11.8 Å². The van der Waals surface area contributed by atoms with Gasteiger partial charge in [0.15, 0.2) is 0 Å². The average Bonchev–Trinajstić information content (AvgIpc) is 2.90. The van der Waals surface area contributed by atoms with Crippen molar-refractivity contribution >= 4 is 27.4 Å². The first-order chi connectivity index (χ1) is 11.2. The van der Waals surface area contributed by atoms with Crippen molar-refractivity contribution < 1.29 is 9.84 Å². The Labute approximate surface area is 139 Å². The number of fused-ring (bicyclic) bond motifs is 1. The SMILES string of the molecule is CCOc1ccc(-c2c(C)sc3ncnc(NCCO)c23)cc1. The minimum absolute atomic E-state index is 0.0625. The van der Waals surface area contributed by atoms with E-state index in [1.165, 1.54) is 4.88 Å². The van der Waals surface area contributed by atoms with Crippen LogP contribution < -0.4 is 10.1 Å². The highest BCUT2D eigenvalue weighted by Gasteiger charge is 2.16. The van der Waals surface area contributed by atoms with Gasteiger partial charge in [-0.25, -0.2) is 9.97 Å². The number of anilines is 1. The standard InChI is InChI=1S/C17H19N3O2S/c1-3-22-13-6-4-12(5-7-13)14-11(2)23-17-15(14)16(18-8-9-21)19-10-20-17/h4-7,10,21H,3,8-9H2,1-2H3,(H,18,19,20). The molecular weight excluding hydrogens is 310 g/mol. The number of aliphatic hydroxyl groups is 1. The Balaban J connectivity index is 2.10. The maximum absolute atomic E-state index is 9.06. The summed E-state index contributed by atoms with van der Waals surface area (Å²) in [6.45, 7) is 5.24. The molecule has 2 N–H and O–H groups in total. The van der Waals surface area contributed by atoms with Crippen LogP contribution >= 0.6 is 11.3 Å². The van der Waals surface area contributed by atoms with Gasteiger partial charge in [-0.3, -0.25) is 0 Å². The molecule has 0 unspecified atom stereocenters. The van der Waals surface area contributed by atoms with Crippen molar-refractivity contribution in [2.24, 2.45) is 0 Å². The van der Waals surface area contributed by atoms with Crippen LogP contribution in [0.3, 0.4) is 0 Å². The molecule has 0 saturated heterocycles. The molecule has 0 atom stereocenters. The van der Waals surface area contributed by atoms with E-state index in [0.29, 0.717) is 13.2 Å². The maximum atomic E-state index is 9.06. The van der Waals surface area contributed by atoms with Crippen molar-refractivity contribution in [2.75, 3.05) is 25.1 Å². The number of aliphatic hydroxyl groups excluding tert-OH is 1. The van der Waals surface area contributed by atoms with Crippen molar-refractivity contribution in [1.82, 2.24) is 9.97 Å². The molecule has 0 aliphatic heterocycles.